The van der Waals surface area contributed by atoms with Crippen molar-refractivity contribution in [2.75, 3.05) is 19.8 Å². The van der Waals surface area contributed by atoms with Crippen LogP contribution >= 0.6 is 0 Å². The molecule has 0 amide bonds. The Morgan fingerprint density at radius 2 is 2.12 bits per heavy atom. The summed E-state index contributed by atoms with van der Waals surface area (Å²) >= 11 is 0. The molecule has 1 rings (SSSR count). The summed E-state index contributed by atoms with van der Waals surface area (Å²) in [6.07, 6.45) is -0.114. The van der Waals surface area contributed by atoms with Gasteiger partial charge in [-0.15, -0.1) is 0 Å². The van der Waals surface area contributed by atoms with E-state index in [9.17, 15) is 4.39 Å². The van der Waals surface area contributed by atoms with Crippen LogP contribution in [0, 0.1) is 5.82 Å². The van der Waals surface area contributed by atoms with E-state index in [2.05, 4.69) is 0 Å². The smallest absolute Gasteiger partial charge is 0.128 e. The van der Waals surface area contributed by atoms with Gasteiger partial charge in [0.1, 0.15) is 5.82 Å². The molecular weight excluding hydrogens is 209 g/mol. The third-order valence-corrected chi connectivity index (χ3v) is 2.18. The molecule has 1 aromatic carbocycles. The lowest BCUT2D eigenvalue weighted by atomic mass is 10.2. The van der Waals surface area contributed by atoms with Gasteiger partial charge < -0.3 is 15.2 Å². The van der Waals surface area contributed by atoms with Crippen LogP contribution in [0.25, 0.3) is 0 Å². The summed E-state index contributed by atoms with van der Waals surface area (Å²) in [6.45, 7) is 3.55. The van der Waals surface area contributed by atoms with E-state index in [1.807, 2.05) is 6.92 Å². The van der Waals surface area contributed by atoms with E-state index >= 15 is 0 Å². The topological polar surface area (TPSA) is 44.5 Å². The first-order chi connectivity index (χ1) is 7.77. The van der Waals surface area contributed by atoms with E-state index in [0.29, 0.717) is 25.3 Å². The van der Waals surface area contributed by atoms with Crippen molar-refractivity contribution in [2.24, 2.45) is 5.73 Å². The third-order valence-electron chi connectivity index (χ3n) is 2.18. The number of halogens is 1. The van der Waals surface area contributed by atoms with E-state index in [1.54, 1.807) is 18.2 Å². The lowest BCUT2D eigenvalue weighted by molar-refractivity contribution is -0.0125. The van der Waals surface area contributed by atoms with Crippen molar-refractivity contribution in [1.29, 1.82) is 0 Å². The van der Waals surface area contributed by atoms with Crippen molar-refractivity contribution in [3.05, 3.63) is 35.6 Å². The number of hydrogen-bond donors (Lipinski definition) is 1. The van der Waals surface area contributed by atoms with Crippen LogP contribution in [-0.4, -0.2) is 25.9 Å². The summed E-state index contributed by atoms with van der Waals surface area (Å²) in [4.78, 5) is 0. The van der Waals surface area contributed by atoms with Crippen molar-refractivity contribution in [1.82, 2.24) is 0 Å². The second-order valence-corrected chi connectivity index (χ2v) is 3.42. The quantitative estimate of drug-likeness (QED) is 0.771. The number of ether oxygens (including phenoxy) is 2. The third kappa shape index (κ3) is 4.26. The number of nitrogens with two attached hydrogens (primary N) is 1. The molecule has 1 unspecified atom stereocenters. The van der Waals surface area contributed by atoms with Crippen LogP contribution < -0.4 is 5.73 Å². The molecule has 90 valence electrons. The number of benzene rings is 1. The minimum absolute atomic E-state index is 0.114. The predicted octanol–water partition coefficient (Wildman–Crippen LogP) is 1.71. The molecule has 0 radical (unpaired) electrons. The molecule has 0 aliphatic carbocycles. The predicted molar refractivity (Wildman–Crippen MR) is 60.5 cm³/mol. The van der Waals surface area contributed by atoms with Crippen molar-refractivity contribution >= 4 is 0 Å². The molecule has 0 aliphatic rings. The van der Waals surface area contributed by atoms with Gasteiger partial charge in [-0.1, -0.05) is 18.2 Å². The average molecular weight is 227 g/mol. The Labute approximate surface area is 95.4 Å². The molecule has 0 saturated heterocycles. The summed E-state index contributed by atoms with van der Waals surface area (Å²) < 4.78 is 23.9. The monoisotopic (exact) mass is 227 g/mol. The first kappa shape index (κ1) is 13.1. The largest absolute Gasteiger partial charge is 0.375 e. The molecule has 4 heteroatoms. The van der Waals surface area contributed by atoms with Crippen LogP contribution in [0.3, 0.4) is 0 Å². The fraction of sp³-hybridized carbons (Fsp3) is 0.500. The molecule has 0 aromatic heterocycles. The molecule has 0 aliphatic heterocycles. The van der Waals surface area contributed by atoms with E-state index in [4.69, 9.17) is 15.2 Å². The van der Waals surface area contributed by atoms with Crippen molar-refractivity contribution in [2.45, 2.75) is 19.6 Å². The minimum Gasteiger partial charge on any atom is -0.375 e. The second-order valence-electron chi connectivity index (χ2n) is 3.42. The fourth-order valence-electron chi connectivity index (χ4n) is 1.34. The first-order valence-electron chi connectivity index (χ1n) is 5.40. The highest BCUT2D eigenvalue weighted by molar-refractivity contribution is 5.16. The van der Waals surface area contributed by atoms with Crippen LogP contribution in [0.15, 0.2) is 24.3 Å². The highest BCUT2D eigenvalue weighted by atomic mass is 19.1. The molecular formula is C12H18FNO2. The molecule has 16 heavy (non-hydrogen) atoms. The zero-order valence-electron chi connectivity index (χ0n) is 9.49. The van der Waals surface area contributed by atoms with Crippen molar-refractivity contribution < 1.29 is 13.9 Å². The zero-order chi connectivity index (χ0) is 11.8. The first-order valence-corrected chi connectivity index (χ1v) is 5.40. The van der Waals surface area contributed by atoms with E-state index < -0.39 is 0 Å². The van der Waals surface area contributed by atoms with Gasteiger partial charge in [-0.25, -0.2) is 4.39 Å². The second kappa shape index (κ2) is 7.33. The maximum absolute atomic E-state index is 13.2. The van der Waals surface area contributed by atoms with E-state index in [1.165, 1.54) is 6.07 Å². The zero-order valence-corrected chi connectivity index (χ0v) is 9.49. The Balaban J connectivity index is 2.32. The van der Waals surface area contributed by atoms with Crippen LogP contribution in [-0.2, 0) is 16.1 Å². The molecule has 0 bridgehead atoms. The minimum atomic E-state index is -0.247. The molecule has 3 nitrogen and oxygen atoms in total. The summed E-state index contributed by atoms with van der Waals surface area (Å²) in [7, 11) is 0. The van der Waals surface area contributed by atoms with Crippen LogP contribution in [0.2, 0.25) is 0 Å². The molecule has 1 atom stereocenters. The summed E-state index contributed by atoms with van der Waals surface area (Å²) in [6, 6.07) is 6.56. The van der Waals surface area contributed by atoms with Gasteiger partial charge >= 0.3 is 0 Å². The SMILES string of the molecule is CCOC(CN)COCc1ccccc1F. The summed E-state index contributed by atoms with van der Waals surface area (Å²) in [5.74, 6) is -0.247. The number of rotatable bonds is 7. The van der Waals surface area contributed by atoms with Gasteiger partial charge in [0.25, 0.3) is 0 Å². The Bertz CT molecular complexity index is 307. The van der Waals surface area contributed by atoms with Gasteiger partial charge in [0, 0.05) is 18.7 Å². The molecule has 2 N–H and O–H groups in total. The molecule has 0 heterocycles. The Morgan fingerprint density at radius 3 is 2.75 bits per heavy atom. The van der Waals surface area contributed by atoms with Crippen molar-refractivity contribution in [3.8, 4) is 0 Å². The molecule has 1 aromatic rings. The van der Waals surface area contributed by atoms with Gasteiger partial charge in [-0.05, 0) is 13.0 Å². The molecule has 0 spiro atoms. The standard InChI is InChI=1S/C12H18FNO2/c1-2-16-11(7-14)9-15-8-10-5-3-4-6-12(10)13/h3-6,11H,2,7-9,14H2,1H3. The lowest BCUT2D eigenvalue weighted by Crippen LogP contribution is -2.28. The maximum Gasteiger partial charge on any atom is 0.128 e. The molecule has 0 saturated carbocycles. The fourth-order valence-corrected chi connectivity index (χ4v) is 1.34. The average Bonchev–Trinajstić information content (AvgIpc) is 2.30. The van der Waals surface area contributed by atoms with Gasteiger partial charge in [0.05, 0.1) is 19.3 Å². The van der Waals surface area contributed by atoms with Gasteiger partial charge in [-0.2, -0.15) is 0 Å². The Morgan fingerprint density at radius 1 is 1.38 bits per heavy atom. The Hall–Kier alpha value is -0.970. The summed E-state index contributed by atoms with van der Waals surface area (Å²) in [5.41, 5.74) is 6.04. The van der Waals surface area contributed by atoms with Crippen LogP contribution in [0.1, 0.15) is 12.5 Å². The van der Waals surface area contributed by atoms with Crippen LogP contribution in [0.5, 0.6) is 0 Å². The Kier molecular flexibility index (Phi) is 6.00. The highest BCUT2D eigenvalue weighted by Gasteiger charge is 2.07. The number of hydrogen-bond acceptors (Lipinski definition) is 3. The van der Waals surface area contributed by atoms with Gasteiger partial charge in [0.15, 0.2) is 0 Å². The summed E-state index contributed by atoms with van der Waals surface area (Å²) in [5, 5.41) is 0. The highest BCUT2D eigenvalue weighted by Crippen LogP contribution is 2.07. The molecule has 0 fully saturated rings. The van der Waals surface area contributed by atoms with Gasteiger partial charge in [-0.3, -0.25) is 0 Å². The maximum atomic E-state index is 13.2. The van der Waals surface area contributed by atoms with Gasteiger partial charge in [0.2, 0.25) is 0 Å². The van der Waals surface area contributed by atoms with Crippen LogP contribution in [0.4, 0.5) is 4.39 Å². The normalized spacial score (nSPS) is 12.7. The lowest BCUT2D eigenvalue weighted by Gasteiger charge is -2.15. The van der Waals surface area contributed by atoms with E-state index in [0.717, 1.165) is 0 Å². The van der Waals surface area contributed by atoms with Crippen molar-refractivity contribution in [3.63, 3.8) is 0 Å². The van der Waals surface area contributed by atoms with E-state index in [-0.39, 0.29) is 18.5 Å².